The molecule has 0 aromatic carbocycles. The first kappa shape index (κ1) is 7.08. The normalized spacial score (nSPS) is 8.25. The molecule has 0 aliphatic carbocycles. The average Bonchev–Trinajstić information content (AvgIpc) is 1.64. The van der Waals surface area contributed by atoms with Crippen molar-refractivity contribution < 1.29 is 4.79 Å². The third-order valence-electron chi connectivity index (χ3n) is 0.878. The van der Waals surface area contributed by atoms with E-state index in [2.05, 4.69) is 6.58 Å². The van der Waals surface area contributed by atoms with Crippen molar-refractivity contribution in [1.82, 2.24) is 0 Å². The molecule has 0 rings (SSSR count). The van der Waals surface area contributed by atoms with Crippen LogP contribution in [0, 0.1) is 5.41 Å². The lowest BCUT2D eigenvalue weighted by Crippen LogP contribution is -2.02. The van der Waals surface area contributed by atoms with E-state index in [-0.39, 0.29) is 11.5 Å². The monoisotopic (exact) mass is 111 g/mol. The number of rotatable bonds is 2. The summed E-state index contributed by atoms with van der Waals surface area (Å²) < 4.78 is 0. The van der Waals surface area contributed by atoms with E-state index in [0.717, 1.165) is 0 Å². The molecule has 0 amide bonds. The summed E-state index contributed by atoms with van der Waals surface area (Å²) in [6.45, 7) is 6.33. The van der Waals surface area contributed by atoms with Crippen LogP contribution in [0.5, 0.6) is 0 Å². The molecule has 0 aliphatic rings. The van der Waals surface area contributed by atoms with Gasteiger partial charge >= 0.3 is 0 Å². The van der Waals surface area contributed by atoms with E-state index in [1.54, 1.807) is 6.92 Å². The molecular weight excluding hydrogens is 102 g/mol. The summed E-state index contributed by atoms with van der Waals surface area (Å²) in [6.07, 6.45) is 0. The lowest BCUT2D eigenvalue weighted by atomic mass is 10.1. The fraction of sp³-hybridized carbons (Fsp3) is 0.333. The Kier molecular flexibility index (Phi) is 2.13. The summed E-state index contributed by atoms with van der Waals surface area (Å²) in [4.78, 5) is 10.3. The van der Waals surface area contributed by atoms with Gasteiger partial charge in [-0.2, -0.15) is 0 Å². The van der Waals surface area contributed by atoms with Crippen molar-refractivity contribution in [3.63, 3.8) is 0 Å². The molecule has 0 heterocycles. The molecule has 2 heteroatoms. The number of nitrogens with one attached hydrogen (secondary N) is 1. The van der Waals surface area contributed by atoms with Gasteiger partial charge in [0.05, 0.1) is 0 Å². The molecule has 0 bridgehead atoms. The molecule has 0 unspecified atom stereocenters. The Hall–Kier alpha value is -0.920. The first-order valence-electron chi connectivity index (χ1n) is 2.31. The van der Waals surface area contributed by atoms with E-state index in [1.807, 2.05) is 0 Å². The highest BCUT2D eigenvalue weighted by Gasteiger charge is 1.99. The van der Waals surface area contributed by atoms with Crippen LogP contribution in [0.3, 0.4) is 0 Å². The largest absolute Gasteiger partial charge is 0.305 e. The van der Waals surface area contributed by atoms with Crippen LogP contribution in [-0.2, 0) is 4.79 Å². The standard InChI is InChI=1S/C6H9NO/c1-4(5(2)7)6(3)8/h7H,1H2,2-3H3. The summed E-state index contributed by atoms with van der Waals surface area (Å²) in [7, 11) is 0. The summed E-state index contributed by atoms with van der Waals surface area (Å²) >= 11 is 0. The minimum absolute atomic E-state index is 0.127. The molecule has 0 spiro atoms. The summed E-state index contributed by atoms with van der Waals surface area (Å²) in [5.41, 5.74) is 0.544. The number of Topliss-reactive ketones (excluding diaryl/α,β-unsaturated/α-hetero) is 1. The van der Waals surface area contributed by atoms with Crippen LogP contribution >= 0.6 is 0 Å². The van der Waals surface area contributed by atoms with E-state index in [4.69, 9.17) is 5.41 Å². The van der Waals surface area contributed by atoms with Gasteiger partial charge in [-0.15, -0.1) is 0 Å². The van der Waals surface area contributed by atoms with Crippen molar-refractivity contribution in [2.75, 3.05) is 0 Å². The number of ketones is 1. The summed E-state index contributed by atoms with van der Waals surface area (Å²) in [5, 5.41) is 6.91. The topological polar surface area (TPSA) is 40.9 Å². The lowest BCUT2D eigenvalue weighted by Gasteiger charge is -1.92. The Bertz CT molecular complexity index is 131. The first-order valence-corrected chi connectivity index (χ1v) is 2.31. The molecule has 0 aromatic heterocycles. The highest BCUT2D eigenvalue weighted by Crippen LogP contribution is 1.91. The maximum absolute atomic E-state index is 10.3. The average molecular weight is 111 g/mol. The van der Waals surface area contributed by atoms with Crippen molar-refractivity contribution in [2.24, 2.45) is 0 Å². The van der Waals surface area contributed by atoms with E-state index in [9.17, 15) is 4.79 Å². The highest BCUT2D eigenvalue weighted by atomic mass is 16.1. The Morgan fingerprint density at radius 2 is 1.88 bits per heavy atom. The lowest BCUT2D eigenvalue weighted by molar-refractivity contribution is -0.113. The molecule has 0 saturated heterocycles. The van der Waals surface area contributed by atoms with Crippen LogP contribution in [-0.4, -0.2) is 11.5 Å². The van der Waals surface area contributed by atoms with Crippen LogP contribution in [0.4, 0.5) is 0 Å². The Morgan fingerprint density at radius 3 is 1.88 bits per heavy atom. The molecule has 0 saturated carbocycles. The number of carbonyl (C=O) groups excluding carboxylic acids is 1. The van der Waals surface area contributed by atoms with Crippen LogP contribution < -0.4 is 0 Å². The number of hydrogen-bond acceptors (Lipinski definition) is 2. The van der Waals surface area contributed by atoms with Crippen molar-refractivity contribution >= 4 is 11.5 Å². The molecule has 8 heavy (non-hydrogen) atoms. The second-order valence-corrected chi connectivity index (χ2v) is 1.66. The third kappa shape index (κ3) is 1.69. The van der Waals surface area contributed by atoms with Crippen LogP contribution in [0.2, 0.25) is 0 Å². The molecule has 0 fully saturated rings. The highest BCUT2D eigenvalue weighted by molar-refractivity contribution is 6.18. The first-order chi connectivity index (χ1) is 3.55. The summed E-state index contributed by atoms with van der Waals surface area (Å²) in [6, 6.07) is 0. The molecule has 2 nitrogen and oxygen atoms in total. The van der Waals surface area contributed by atoms with Gasteiger partial charge in [-0.1, -0.05) is 6.58 Å². The second-order valence-electron chi connectivity index (χ2n) is 1.66. The van der Waals surface area contributed by atoms with Gasteiger partial charge in [-0.3, -0.25) is 4.79 Å². The second kappa shape index (κ2) is 2.40. The van der Waals surface area contributed by atoms with Gasteiger partial charge in [-0.25, -0.2) is 0 Å². The molecule has 0 atom stereocenters. The number of allylic oxidation sites excluding steroid dienone is 1. The smallest absolute Gasteiger partial charge is 0.160 e. The molecule has 1 N–H and O–H groups in total. The minimum atomic E-state index is -0.127. The Balaban J connectivity index is 4.05. The molecule has 0 aliphatic heterocycles. The molecule has 44 valence electrons. The maximum Gasteiger partial charge on any atom is 0.160 e. The van der Waals surface area contributed by atoms with Crippen LogP contribution in [0.1, 0.15) is 13.8 Å². The van der Waals surface area contributed by atoms with Gasteiger partial charge in [0.25, 0.3) is 0 Å². The molecule has 0 radical (unpaired) electrons. The van der Waals surface area contributed by atoms with E-state index >= 15 is 0 Å². The van der Waals surface area contributed by atoms with E-state index < -0.39 is 0 Å². The van der Waals surface area contributed by atoms with Gasteiger partial charge in [0.15, 0.2) is 5.78 Å². The quantitative estimate of drug-likeness (QED) is 0.421. The zero-order chi connectivity index (χ0) is 6.73. The fourth-order valence-corrected chi connectivity index (χ4v) is 0.264. The molecule has 0 aromatic rings. The van der Waals surface area contributed by atoms with E-state index in [1.165, 1.54) is 6.92 Å². The van der Waals surface area contributed by atoms with Gasteiger partial charge in [-0.05, 0) is 13.8 Å². The van der Waals surface area contributed by atoms with Crippen LogP contribution in [0.25, 0.3) is 0 Å². The minimum Gasteiger partial charge on any atom is -0.305 e. The Morgan fingerprint density at radius 1 is 1.50 bits per heavy atom. The maximum atomic E-state index is 10.3. The molecular formula is C6H9NO. The SMILES string of the molecule is C=C(C(C)=N)C(C)=O. The van der Waals surface area contributed by atoms with E-state index in [0.29, 0.717) is 5.57 Å². The third-order valence-corrected chi connectivity index (χ3v) is 0.878. The van der Waals surface area contributed by atoms with Gasteiger partial charge < -0.3 is 5.41 Å². The Labute approximate surface area is 48.7 Å². The van der Waals surface area contributed by atoms with Gasteiger partial charge in [0, 0.05) is 11.3 Å². The van der Waals surface area contributed by atoms with Crippen molar-refractivity contribution in [3.05, 3.63) is 12.2 Å². The van der Waals surface area contributed by atoms with Gasteiger partial charge in [0.2, 0.25) is 0 Å². The van der Waals surface area contributed by atoms with Gasteiger partial charge in [0.1, 0.15) is 0 Å². The number of hydrogen-bond donors (Lipinski definition) is 1. The van der Waals surface area contributed by atoms with Crippen molar-refractivity contribution in [3.8, 4) is 0 Å². The number of carbonyl (C=O) groups is 1. The predicted molar refractivity (Wildman–Crippen MR) is 33.2 cm³/mol. The van der Waals surface area contributed by atoms with Crippen molar-refractivity contribution in [2.45, 2.75) is 13.8 Å². The zero-order valence-electron chi connectivity index (χ0n) is 5.12. The van der Waals surface area contributed by atoms with Crippen molar-refractivity contribution in [1.29, 1.82) is 5.41 Å². The zero-order valence-corrected chi connectivity index (χ0v) is 5.12. The summed E-state index contributed by atoms with van der Waals surface area (Å²) in [5.74, 6) is -0.127. The van der Waals surface area contributed by atoms with Crippen LogP contribution in [0.15, 0.2) is 12.2 Å². The fourth-order valence-electron chi connectivity index (χ4n) is 0.264. The predicted octanol–water partition coefficient (Wildman–Crippen LogP) is 1.17.